The minimum absolute atomic E-state index is 0.0482. The van der Waals surface area contributed by atoms with Crippen LogP contribution in [0.5, 0.6) is 11.5 Å². The number of H-pyrrole nitrogens is 1. The highest BCUT2D eigenvalue weighted by Crippen LogP contribution is 2.45. The third-order valence-corrected chi connectivity index (χ3v) is 8.52. The Kier molecular flexibility index (Phi) is 5.15. The number of benzene rings is 2. The molecule has 6 rings (SSSR count). The van der Waals surface area contributed by atoms with Gasteiger partial charge in [-0.2, -0.15) is 0 Å². The average Bonchev–Trinajstić information content (AvgIpc) is 3.40. The summed E-state index contributed by atoms with van der Waals surface area (Å²) >= 11 is 11.2. The lowest BCUT2D eigenvalue weighted by Crippen LogP contribution is -2.50. The molecule has 0 saturated heterocycles. The van der Waals surface area contributed by atoms with Gasteiger partial charge < -0.3 is 20.2 Å². The van der Waals surface area contributed by atoms with Crippen LogP contribution in [0.15, 0.2) is 57.3 Å². The molecule has 0 radical (unpaired) electrons. The molecule has 3 N–H and O–H groups in total. The minimum Gasteiger partial charge on any atom is -0.454 e. The maximum absolute atomic E-state index is 6.21. The summed E-state index contributed by atoms with van der Waals surface area (Å²) in [6.07, 6.45) is 5.22. The molecule has 1 aliphatic heterocycles. The summed E-state index contributed by atoms with van der Waals surface area (Å²) in [5.41, 5.74) is 9.08. The summed E-state index contributed by atoms with van der Waals surface area (Å²) in [4.78, 5) is 13.6. The largest absolute Gasteiger partial charge is 0.454 e. The number of aromatic amines is 1. The number of nitrogens with zero attached hydrogens (tertiary/aromatic N) is 3. The first-order valence-corrected chi connectivity index (χ1v) is 12.6. The predicted molar refractivity (Wildman–Crippen MR) is 130 cm³/mol. The lowest BCUT2D eigenvalue weighted by Gasteiger charge is -2.41. The fourth-order valence-electron chi connectivity index (χ4n) is 4.50. The number of fused-ring (bicyclic) bond motifs is 2. The number of nitrogens with one attached hydrogen (secondary N) is 1. The number of nitrogens with two attached hydrogens (primary N) is 1. The van der Waals surface area contributed by atoms with Gasteiger partial charge in [-0.1, -0.05) is 40.1 Å². The molecule has 0 spiro atoms. The summed E-state index contributed by atoms with van der Waals surface area (Å²) in [5, 5.41) is 1.48. The lowest BCUT2D eigenvalue weighted by atomic mass is 9.64. The smallest absolute Gasteiger partial charge is 0.294 e. The van der Waals surface area contributed by atoms with Crippen molar-refractivity contribution in [2.75, 3.05) is 12.5 Å². The average molecular weight is 546 g/mol. The predicted octanol–water partition coefficient (Wildman–Crippen LogP) is 5.25. The van der Waals surface area contributed by atoms with E-state index in [9.17, 15) is 0 Å². The molecule has 1 fully saturated rings. The highest BCUT2D eigenvalue weighted by atomic mass is 79.9. The monoisotopic (exact) mass is 544 g/mol. The van der Waals surface area contributed by atoms with Gasteiger partial charge in [0.25, 0.3) is 5.65 Å². The van der Waals surface area contributed by atoms with Crippen LogP contribution < -0.4 is 19.8 Å². The molecule has 2 aromatic carbocycles. The first-order valence-electron chi connectivity index (χ1n) is 10.6. The highest BCUT2D eigenvalue weighted by Gasteiger charge is 2.41. The molecule has 3 heterocycles. The molecule has 2 aromatic heterocycles. The normalized spacial score (nSPS) is 16.2. The van der Waals surface area contributed by atoms with Crippen LogP contribution >= 0.6 is 39.3 Å². The van der Waals surface area contributed by atoms with Crippen molar-refractivity contribution in [3.63, 3.8) is 0 Å². The van der Waals surface area contributed by atoms with Crippen LogP contribution in [-0.2, 0) is 12.0 Å². The first-order chi connectivity index (χ1) is 16.0. The number of hydrogen-bond acceptors (Lipinski definition) is 6. The van der Waals surface area contributed by atoms with Gasteiger partial charge in [0, 0.05) is 19.8 Å². The molecule has 1 aliphatic carbocycles. The molecular weight excluding hydrogens is 526 g/mol. The van der Waals surface area contributed by atoms with Crippen LogP contribution in [0.1, 0.15) is 24.8 Å². The summed E-state index contributed by atoms with van der Waals surface area (Å²) in [6, 6.07) is 12.1. The number of anilines is 1. The molecule has 0 unspecified atom stereocenters. The van der Waals surface area contributed by atoms with Crippen LogP contribution in [0.3, 0.4) is 0 Å². The molecule has 33 heavy (non-hydrogen) atoms. The minimum atomic E-state index is 0.0482. The molecule has 7 nitrogen and oxygen atoms in total. The Morgan fingerprint density at radius 1 is 1.18 bits per heavy atom. The van der Waals surface area contributed by atoms with E-state index in [0.717, 1.165) is 61.6 Å². The van der Waals surface area contributed by atoms with E-state index in [2.05, 4.69) is 42.6 Å². The summed E-state index contributed by atoms with van der Waals surface area (Å²) < 4.78 is 14.0. The number of ether oxygens (including phenoxy) is 2. The van der Waals surface area contributed by atoms with E-state index in [1.165, 1.54) is 23.7 Å². The molecule has 0 atom stereocenters. The second-order valence-corrected chi connectivity index (χ2v) is 10.7. The van der Waals surface area contributed by atoms with Crippen molar-refractivity contribution >= 4 is 56.3 Å². The van der Waals surface area contributed by atoms with Gasteiger partial charge in [-0.25, -0.2) is 4.57 Å². The van der Waals surface area contributed by atoms with Gasteiger partial charge in [0.05, 0.1) is 6.54 Å². The van der Waals surface area contributed by atoms with E-state index in [1.807, 2.05) is 24.3 Å². The number of halogens is 2. The van der Waals surface area contributed by atoms with Gasteiger partial charge in [-0.05, 0) is 70.4 Å². The van der Waals surface area contributed by atoms with Crippen molar-refractivity contribution in [2.45, 2.75) is 41.3 Å². The zero-order chi connectivity index (χ0) is 22.6. The first kappa shape index (κ1) is 21.1. The molecule has 168 valence electrons. The Morgan fingerprint density at radius 3 is 2.67 bits per heavy atom. The van der Waals surface area contributed by atoms with Crippen LogP contribution in [0, 0.1) is 0 Å². The summed E-state index contributed by atoms with van der Waals surface area (Å²) in [7, 11) is 0. The number of hydrogen-bond donors (Lipinski definition) is 2. The van der Waals surface area contributed by atoms with Gasteiger partial charge >= 0.3 is 0 Å². The van der Waals surface area contributed by atoms with Crippen molar-refractivity contribution in [1.82, 2.24) is 15.0 Å². The Labute approximate surface area is 207 Å². The Hall–Kier alpha value is -2.49. The fraction of sp³-hybridized carbons (Fsp3) is 0.261. The Balaban J connectivity index is 1.35. The third kappa shape index (κ3) is 3.72. The van der Waals surface area contributed by atoms with E-state index in [4.69, 9.17) is 31.8 Å². The highest BCUT2D eigenvalue weighted by molar-refractivity contribution is 9.10. The molecule has 10 heteroatoms. The maximum atomic E-state index is 6.21. The van der Waals surface area contributed by atoms with Crippen molar-refractivity contribution < 1.29 is 14.0 Å². The third-order valence-electron chi connectivity index (χ3n) is 6.40. The lowest BCUT2D eigenvalue weighted by molar-refractivity contribution is -0.686. The quantitative estimate of drug-likeness (QED) is 0.333. The molecule has 0 bridgehead atoms. The summed E-state index contributed by atoms with van der Waals surface area (Å²) in [5.74, 6) is 1.89. The zero-order valence-corrected chi connectivity index (χ0v) is 20.6. The standard InChI is InChI=1S/C23H19BrClN5O2S/c24-15-8-16-17(32-12-31-16)9-18(15)33-22-28-19-20(26)27-11-30(21(19)29-22)10-23(6-1-7-23)13-2-4-14(25)5-3-13/h2-5,8-9,11H,1,6-7,10,12H2,(H2,26,28,29)/p+1. The van der Waals surface area contributed by atoms with E-state index in [0.29, 0.717) is 5.82 Å². The van der Waals surface area contributed by atoms with Crippen LogP contribution in [0.2, 0.25) is 5.02 Å². The van der Waals surface area contributed by atoms with Crippen LogP contribution in [0.25, 0.3) is 11.2 Å². The van der Waals surface area contributed by atoms with Crippen molar-refractivity contribution in [2.24, 2.45) is 0 Å². The van der Waals surface area contributed by atoms with E-state index >= 15 is 0 Å². The van der Waals surface area contributed by atoms with Gasteiger partial charge in [-0.15, -0.1) is 0 Å². The van der Waals surface area contributed by atoms with E-state index in [1.54, 1.807) is 6.33 Å². The van der Waals surface area contributed by atoms with Crippen LogP contribution in [0.4, 0.5) is 5.82 Å². The van der Waals surface area contributed by atoms with E-state index in [-0.39, 0.29) is 12.2 Å². The summed E-state index contributed by atoms with van der Waals surface area (Å²) in [6.45, 7) is 1.01. The van der Waals surface area contributed by atoms with E-state index < -0.39 is 0 Å². The molecular formula is C23H20BrClN5O2S+. The van der Waals surface area contributed by atoms with Crippen LogP contribution in [-0.4, -0.2) is 21.7 Å². The van der Waals surface area contributed by atoms with Gasteiger partial charge in [0.1, 0.15) is 0 Å². The molecule has 1 saturated carbocycles. The van der Waals surface area contributed by atoms with Gasteiger partial charge in [0.15, 0.2) is 17.0 Å². The number of rotatable bonds is 5. The maximum Gasteiger partial charge on any atom is 0.294 e. The Morgan fingerprint density at radius 2 is 1.94 bits per heavy atom. The molecule has 0 amide bonds. The van der Waals surface area contributed by atoms with Crippen molar-refractivity contribution in [1.29, 1.82) is 0 Å². The number of aromatic nitrogens is 4. The van der Waals surface area contributed by atoms with Gasteiger partial charge in [-0.3, -0.25) is 0 Å². The fourth-order valence-corrected chi connectivity index (χ4v) is 6.00. The number of nitrogen functional groups attached to an aromatic ring is 1. The van der Waals surface area contributed by atoms with Gasteiger partial charge in [0.2, 0.25) is 24.1 Å². The van der Waals surface area contributed by atoms with Crippen molar-refractivity contribution in [3.8, 4) is 11.5 Å². The topological polar surface area (TPSA) is 89.9 Å². The second kappa shape index (κ2) is 8.07. The Bertz CT molecular complexity index is 1370. The molecule has 4 aromatic rings. The second-order valence-electron chi connectivity index (χ2n) is 8.38. The number of imidazole rings is 1. The SMILES string of the molecule is Nc1nc[n+](CC2(c3ccc(Cl)cc3)CCC2)c2nc(Sc3cc4c(cc3Br)OCO4)[nH]c12. The molecule has 2 aliphatic rings. The van der Waals surface area contributed by atoms with Crippen molar-refractivity contribution in [3.05, 3.63) is 57.8 Å². The zero-order valence-electron chi connectivity index (χ0n) is 17.5.